The van der Waals surface area contributed by atoms with E-state index in [9.17, 15) is 4.79 Å². The summed E-state index contributed by atoms with van der Waals surface area (Å²) < 4.78 is 11.5. The highest BCUT2D eigenvalue weighted by Crippen LogP contribution is 2.18. The van der Waals surface area contributed by atoms with Crippen molar-refractivity contribution in [2.45, 2.75) is 40.2 Å². The van der Waals surface area contributed by atoms with Gasteiger partial charge in [0, 0.05) is 6.54 Å². The van der Waals surface area contributed by atoms with Gasteiger partial charge in [-0.25, -0.2) is 10.1 Å². The number of carbonyl (C=O) groups is 1. The third-order valence-corrected chi connectivity index (χ3v) is 4.70. The second-order valence-electron chi connectivity index (χ2n) is 7.25. The van der Waals surface area contributed by atoms with Gasteiger partial charge in [0.05, 0.1) is 18.5 Å². The van der Waals surface area contributed by atoms with Crippen molar-refractivity contribution in [3.8, 4) is 11.6 Å². The third kappa shape index (κ3) is 6.13. The van der Waals surface area contributed by atoms with E-state index in [0.29, 0.717) is 18.8 Å². The normalized spacial score (nSPS) is 11.4. The van der Waals surface area contributed by atoms with Crippen molar-refractivity contribution in [2.24, 2.45) is 5.10 Å². The number of nitrogen functional groups attached to an aromatic ring is 1. The van der Waals surface area contributed by atoms with Crippen molar-refractivity contribution < 1.29 is 14.2 Å². The van der Waals surface area contributed by atoms with Crippen LogP contribution in [0.25, 0.3) is 5.82 Å². The molecule has 1 aromatic carbocycles. The summed E-state index contributed by atoms with van der Waals surface area (Å²) in [5.74, 6) is 0.508. The van der Waals surface area contributed by atoms with Crippen LogP contribution in [-0.2, 0) is 6.54 Å². The van der Waals surface area contributed by atoms with Gasteiger partial charge in [-0.1, -0.05) is 19.1 Å². The minimum atomic E-state index is -0.499. The summed E-state index contributed by atoms with van der Waals surface area (Å²) in [5, 5.41) is 19.6. The molecular weight excluding hydrogens is 426 g/mol. The first-order valence-corrected chi connectivity index (χ1v) is 10.9. The van der Waals surface area contributed by atoms with Gasteiger partial charge < -0.3 is 10.5 Å². The number of nitrogens with zero attached hydrogens (tertiary/aromatic N) is 7. The van der Waals surface area contributed by atoms with Crippen LogP contribution >= 0.6 is 0 Å². The zero-order valence-corrected chi connectivity index (χ0v) is 19.1. The van der Waals surface area contributed by atoms with E-state index in [0.717, 1.165) is 37.2 Å². The topological polar surface area (TPSA) is 150 Å². The number of amides is 1. The van der Waals surface area contributed by atoms with Gasteiger partial charge in [-0.05, 0) is 73.0 Å². The molecule has 0 radical (unpaired) electrons. The average molecular weight is 456 g/mol. The zero-order chi connectivity index (χ0) is 23.6. The number of hydrazone groups is 1. The fourth-order valence-corrected chi connectivity index (χ4v) is 3.28. The fraction of sp³-hybridized carbons (Fsp3) is 0.429. The molecular formula is C21H29N9O3. The lowest BCUT2D eigenvalue weighted by Gasteiger charge is -2.21. The predicted molar refractivity (Wildman–Crippen MR) is 122 cm³/mol. The van der Waals surface area contributed by atoms with Crippen LogP contribution in [0.4, 0.5) is 5.82 Å². The van der Waals surface area contributed by atoms with Crippen LogP contribution in [-0.4, -0.2) is 62.0 Å². The van der Waals surface area contributed by atoms with E-state index >= 15 is 0 Å². The Morgan fingerprint density at radius 1 is 1.21 bits per heavy atom. The maximum absolute atomic E-state index is 12.9. The Kier molecular flexibility index (Phi) is 8.47. The van der Waals surface area contributed by atoms with Crippen molar-refractivity contribution in [3.63, 3.8) is 0 Å². The van der Waals surface area contributed by atoms with Gasteiger partial charge in [0.1, 0.15) is 5.75 Å². The van der Waals surface area contributed by atoms with E-state index in [4.69, 9.17) is 15.1 Å². The summed E-state index contributed by atoms with van der Waals surface area (Å²) in [6.45, 7) is 8.84. The number of rotatable bonds is 12. The van der Waals surface area contributed by atoms with Crippen LogP contribution in [0.5, 0.6) is 5.75 Å². The molecule has 0 fully saturated rings. The van der Waals surface area contributed by atoms with Gasteiger partial charge in [-0.2, -0.15) is 9.78 Å². The van der Waals surface area contributed by atoms with Crippen molar-refractivity contribution in [1.29, 1.82) is 0 Å². The summed E-state index contributed by atoms with van der Waals surface area (Å²) in [7, 11) is 0. The number of hydrogen-bond acceptors (Lipinski definition) is 10. The lowest BCUT2D eigenvalue weighted by atomic mass is 10.2. The largest absolute Gasteiger partial charge is 0.494 e. The molecule has 12 heteroatoms. The van der Waals surface area contributed by atoms with Crippen LogP contribution in [0.2, 0.25) is 0 Å². The zero-order valence-electron chi connectivity index (χ0n) is 19.1. The molecule has 12 nitrogen and oxygen atoms in total. The Morgan fingerprint density at radius 2 is 1.94 bits per heavy atom. The van der Waals surface area contributed by atoms with E-state index in [-0.39, 0.29) is 17.3 Å². The molecule has 2 aromatic heterocycles. The molecule has 0 spiro atoms. The highest BCUT2D eigenvalue weighted by atomic mass is 16.6. The standard InChI is InChI=1S/C21H29N9O3/c1-4-11-29(12-5-2)14-17-18(24-28-30(17)20-19(22)26-33-27-20)21(31)25-23-13-15-7-9-16(10-8-15)32-6-3/h7-10,13H,4-6,11-12,14H2,1-3H3,(H2,22,26)(H,25,31). The fourth-order valence-electron chi connectivity index (χ4n) is 3.28. The first-order chi connectivity index (χ1) is 16.1. The van der Waals surface area contributed by atoms with E-state index in [1.54, 1.807) is 0 Å². The molecule has 0 aliphatic heterocycles. The summed E-state index contributed by atoms with van der Waals surface area (Å²) in [6.07, 6.45) is 3.46. The first kappa shape index (κ1) is 23.9. The maximum atomic E-state index is 12.9. The summed E-state index contributed by atoms with van der Waals surface area (Å²) >= 11 is 0. The monoisotopic (exact) mass is 455 g/mol. The number of ether oxygens (including phenoxy) is 1. The third-order valence-electron chi connectivity index (χ3n) is 4.70. The molecule has 0 bridgehead atoms. The number of nitrogens with two attached hydrogens (primary N) is 1. The van der Waals surface area contributed by atoms with Crippen molar-refractivity contribution in [2.75, 3.05) is 25.4 Å². The van der Waals surface area contributed by atoms with Crippen LogP contribution in [0.3, 0.4) is 0 Å². The lowest BCUT2D eigenvalue weighted by Crippen LogP contribution is -2.28. The summed E-state index contributed by atoms with van der Waals surface area (Å²) in [4.78, 5) is 15.1. The molecule has 33 heavy (non-hydrogen) atoms. The van der Waals surface area contributed by atoms with Crippen LogP contribution in [0.15, 0.2) is 34.0 Å². The second kappa shape index (κ2) is 11.7. The van der Waals surface area contributed by atoms with Crippen LogP contribution in [0, 0.1) is 0 Å². The lowest BCUT2D eigenvalue weighted by molar-refractivity contribution is 0.0947. The van der Waals surface area contributed by atoms with Crippen LogP contribution in [0.1, 0.15) is 55.4 Å². The van der Waals surface area contributed by atoms with Gasteiger partial charge >= 0.3 is 0 Å². The van der Waals surface area contributed by atoms with Crippen molar-refractivity contribution in [3.05, 3.63) is 41.2 Å². The Bertz CT molecular complexity index is 1050. The Labute approximate surface area is 191 Å². The molecule has 0 atom stereocenters. The SMILES string of the molecule is CCCN(CCC)Cc1c(C(=O)NN=Cc2ccc(OCC)cc2)nnn1-c1nonc1N. The predicted octanol–water partition coefficient (Wildman–Crippen LogP) is 2.02. The highest BCUT2D eigenvalue weighted by molar-refractivity contribution is 5.94. The molecule has 1 amide bonds. The van der Waals surface area contributed by atoms with Crippen LogP contribution < -0.4 is 15.9 Å². The number of hydrogen-bond donors (Lipinski definition) is 2. The maximum Gasteiger partial charge on any atom is 0.293 e. The van der Waals surface area contributed by atoms with E-state index in [1.807, 2.05) is 31.2 Å². The van der Waals surface area contributed by atoms with Gasteiger partial charge in [0.15, 0.2) is 5.69 Å². The molecule has 2 heterocycles. The molecule has 0 saturated heterocycles. The smallest absolute Gasteiger partial charge is 0.293 e. The number of aromatic nitrogens is 5. The van der Waals surface area contributed by atoms with E-state index in [1.165, 1.54) is 10.9 Å². The molecule has 0 aliphatic carbocycles. The molecule has 3 N–H and O–H groups in total. The van der Waals surface area contributed by atoms with Crippen molar-refractivity contribution >= 4 is 17.9 Å². The molecule has 176 valence electrons. The Balaban J connectivity index is 1.81. The summed E-state index contributed by atoms with van der Waals surface area (Å²) in [5.41, 5.74) is 9.81. The average Bonchev–Trinajstić information content (AvgIpc) is 3.41. The molecule has 3 rings (SSSR count). The van der Waals surface area contributed by atoms with Gasteiger partial charge in [0.2, 0.25) is 11.6 Å². The Morgan fingerprint density at radius 3 is 2.55 bits per heavy atom. The minimum Gasteiger partial charge on any atom is -0.494 e. The highest BCUT2D eigenvalue weighted by Gasteiger charge is 2.25. The first-order valence-electron chi connectivity index (χ1n) is 10.9. The van der Waals surface area contributed by atoms with E-state index in [2.05, 4.69) is 49.9 Å². The molecule has 0 saturated carbocycles. The second-order valence-corrected chi connectivity index (χ2v) is 7.25. The minimum absolute atomic E-state index is 0.0548. The quantitative estimate of drug-likeness (QED) is 0.309. The summed E-state index contributed by atoms with van der Waals surface area (Å²) in [6, 6.07) is 7.36. The van der Waals surface area contributed by atoms with Crippen molar-refractivity contribution in [1.82, 2.24) is 35.6 Å². The van der Waals surface area contributed by atoms with E-state index < -0.39 is 5.91 Å². The number of benzene rings is 1. The Hall–Kier alpha value is -3.80. The van der Waals surface area contributed by atoms with Gasteiger partial charge in [0.25, 0.3) is 5.91 Å². The number of carbonyl (C=O) groups excluding carboxylic acids is 1. The number of anilines is 1. The molecule has 3 aromatic rings. The number of nitrogens with one attached hydrogen (secondary N) is 1. The molecule has 0 unspecified atom stereocenters. The molecule has 0 aliphatic rings. The van der Waals surface area contributed by atoms with Gasteiger partial charge in [-0.15, -0.1) is 5.10 Å². The van der Waals surface area contributed by atoms with Gasteiger partial charge in [-0.3, -0.25) is 9.69 Å².